The summed E-state index contributed by atoms with van der Waals surface area (Å²) in [6, 6.07) is 4.72. The van der Waals surface area contributed by atoms with Crippen molar-refractivity contribution in [1.82, 2.24) is 13.9 Å². The summed E-state index contributed by atoms with van der Waals surface area (Å²) in [6.45, 7) is 1.14. The van der Waals surface area contributed by atoms with Gasteiger partial charge in [0.25, 0.3) is 0 Å². The lowest BCUT2D eigenvalue weighted by Crippen LogP contribution is -2.30. The molecule has 1 aliphatic rings. The van der Waals surface area contributed by atoms with Crippen molar-refractivity contribution in [2.45, 2.75) is 25.9 Å². The van der Waals surface area contributed by atoms with Crippen molar-refractivity contribution in [2.24, 2.45) is 0 Å². The Morgan fingerprint density at radius 1 is 0.895 bits per heavy atom. The second-order valence-electron chi connectivity index (χ2n) is 4.45. The lowest BCUT2D eigenvalue weighted by atomic mass is 10.3. The number of benzene rings is 1. The van der Waals surface area contributed by atoms with Gasteiger partial charge in [-0.25, -0.2) is 23.5 Å². The van der Waals surface area contributed by atoms with E-state index in [0.717, 1.165) is 17.4 Å². The van der Waals surface area contributed by atoms with Gasteiger partial charge in [-0.2, -0.15) is 0 Å². The fraction of sp³-hybridized carbons (Fsp3) is 0.333. The monoisotopic (exact) mass is 299 g/mol. The fourth-order valence-electron chi connectivity index (χ4n) is 2.32. The molecule has 0 amide bonds. The number of fused-ring (bicyclic) bond motifs is 1. The minimum atomic E-state index is -0.330. The highest BCUT2D eigenvalue weighted by Crippen LogP contribution is 2.23. The average molecular weight is 300 g/mol. The molecule has 0 aliphatic carbocycles. The Labute approximate surface area is 118 Å². The number of hydrogen-bond donors (Lipinski definition) is 0. The third kappa shape index (κ3) is 1.93. The minimum Gasteiger partial charge on any atom is -0.246 e. The molecule has 2 aromatic rings. The van der Waals surface area contributed by atoms with Gasteiger partial charge in [-0.1, -0.05) is 23.2 Å². The molecule has 0 radical (unpaired) electrons. The molecule has 7 heteroatoms. The zero-order valence-electron chi connectivity index (χ0n) is 9.97. The lowest BCUT2D eigenvalue weighted by molar-refractivity contribution is 0.348. The highest BCUT2D eigenvalue weighted by molar-refractivity contribution is 6.42. The summed E-state index contributed by atoms with van der Waals surface area (Å²) in [5.41, 5.74) is -0.218. The molecule has 2 heterocycles. The number of hydrogen-bond acceptors (Lipinski definition) is 2. The van der Waals surface area contributed by atoms with Gasteiger partial charge in [0.1, 0.15) is 0 Å². The van der Waals surface area contributed by atoms with Crippen molar-refractivity contribution in [3.63, 3.8) is 0 Å². The Kier molecular flexibility index (Phi) is 3.03. The van der Waals surface area contributed by atoms with Crippen LogP contribution >= 0.6 is 23.2 Å². The van der Waals surface area contributed by atoms with E-state index >= 15 is 0 Å². The van der Waals surface area contributed by atoms with Crippen LogP contribution in [0.5, 0.6) is 0 Å². The SMILES string of the molecule is O=c1n(-c2ccc(Cl)c(Cl)c2)c(=O)n2n1CCCC2. The standard InChI is InChI=1S/C12H11Cl2N3O2/c13-9-4-3-8(7-10(9)14)17-11(18)15-5-1-2-6-16(15)12(17)19/h3-4,7H,1-2,5-6H2. The second kappa shape index (κ2) is 4.58. The van der Waals surface area contributed by atoms with E-state index in [2.05, 4.69) is 0 Å². The predicted octanol–water partition coefficient (Wildman–Crippen LogP) is 1.90. The molecule has 0 N–H and O–H groups in total. The van der Waals surface area contributed by atoms with Crippen LogP contribution in [0.2, 0.25) is 10.0 Å². The fourth-order valence-corrected chi connectivity index (χ4v) is 2.61. The van der Waals surface area contributed by atoms with Gasteiger partial charge in [-0.05, 0) is 31.0 Å². The van der Waals surface area contributed by atoms with Crippen LogP contribution in [-0.4, -0.2) is 13.9 Å². The first-order chi connectivity index (χ1) is 9.09. The molecular weight excluding hydrogens is 289 g/mol. The second-order valence-corrected chi connectivity index (χ2v) is 5.27. The van der Waals surface area contributed by atoms with E-state index in [1.807, 2.05) is 0 Å². The van der Waals surface area contributed by atoms with Gasteiger partial charge >= 0.3 is 11.4 Å². The molecule has 0 bridgehead atoms. The van der Waals surface area contributed by atoms with Crippen LogP contribution in [0.15, 0.2) is 27.8 Å². The van der Waals surface area contributed by atoms with Crippen molar-refractivity contribution in [3.05, 3.63) is 49.2 Å². The van der Waals surface area contributed by atoms with Crippen molar-refractivity contribution < 1.29 is 0 Å². The van der Waals surface area contributed by atoms with Crippen molar-refractivity contribution in [1.29, 1.82) is 0 Å². The third-order valence-corrected chi connectivity index (χ3v) is 4.01. The van der Waals surface area contributed by atoms with E-state index in [1.165, 1.54) is 15.4 Å². The normalized spacial score (nSPS) is 14.4. The van der Waals surface area contributed by atoms with E-state index in [-0.39, 0.29) is 11.4 Å². The molecule has 5 nitrogen and oxygen atoms in total. The molecule has 0 fully saturated rings. The Hall–Kier alpha value is -1.46. The zero-order chi connectivity index (χ0) is 13.6. The molecule has 100 valence electrons. The van der Waals surface area contributed by atoms with Crippen molar-refractivity contribution in [3.8, 4) is 5.69 Å². The summed E-state index contributed by atoms with van der Waals surface area (Å²) in [4.78, 5) is 24.5. The minimum absolute atomic E-state index is 0.319. The summed E-state index contributed by atoms with van der Waals surface area (Å²) in [5.74, 6) is 0. The average Bonchev–Trinajstić information content (AvgIpc) is 2.66. The van der Waals surface area contributed by atoms with Gasteiger partial charge in [-0.3, -0.25) is 0 Å². The number of rotatable bonds is 1. The smallest absolute Gasteiger partial charge is 0.246 e. The summed E-state index contributed by atoms with van der Waals surface area (Å²) in [6.07, 6.45) is 1.81. The quantitative estimate of drug-likeness (QED) is 0.807. The first-order valence-corrected chi connectivity index (χ1v) is 6.73. The first kappa shape index (κ1) is 12.6. The molecule has 0 spiro atoms. The molecule has 1 aromatic heterocycles. The van der Waals surface area contributed by atoms with Crippen LogP contribution in [-0.2, 0) is 13.1 Å². The largest absolute Gasteiger partial charge is 0.351 e. The summed E-state index contributed by atoms with van der Waals surface area (Å²) < 4.78 is 4.09. The van der Waals surface area contributed by atoms with Gasteiger partial charge in [-0.15, -0.1) is 0 Å². The molecule has 1 aromatic carbocycles. The maximum absolute atomic E-state index is 12.3. The highest BCUT2D eigenvalue weighted by Gasteiger charge is 2.19. The van der Waals surface area contributed by atoms with Gasteiger partial charge in [0.05, 0.1) is 15.7 Å². The van der Waals surface area contributed by atoms with Crippen LogP contribution in [0.1, 0.15) is 12.8 Å². The molecule has 1 aliphatic heterocycles. The molecule has 0 saturated carbocycles. The number of halogens is 2. The highest BCUT2D eigenvalue weighted by atomic mass is 35.5. The summed E-state index contributed by atoms with van der Waals surface area (Å²) >= 11 is 11.8. The van der Waals surface area contributed by atoms with Crippen LogP contribution in [0.3, 0.4) is 0 Å². The van der Waals surface area contributed by atoms with E-state index in [9.17, 15) is 9.59 Å². The van der Waals surface area contributed by atoms with Gasteiger partial charge < -0.3 is 0 Å². The van der Waals surface area contributed by atoms with E-state index in [0.29, 0.717) is 28.8 Å². The van der Waals surface area contributed by atoms with E-state index < -0.39 is 0 Å². The Bertz CT molecular complexity index is 720. The Morgan fingerprint density at radius 3 is 2.00 bits per heavy atom. The first-order valence-electron chi connectivity index (χ1n) is 5.97. The van der Waals surface area contributed by atoms with E-state index in [1.54, 1.807) is 12.1 Å². The Balaban J connectivity index is 2.26. The van der Waals surface area contributed by atoms with Gasteiger partial charge in [0.2, 0.25) is 0 Å². The summed E-state index contributed by atoms with van der Waals surface area (Å²) in [5, 5.41) is 0.710. The van der Waals surface area contributed by atoms with Crippen molar-refractivity contribution in [2.75, 3.05) is 0 Å². The lowest BCUT2D eigenvalue weighted by Gasteiger charge is -2.13. The predicted molar refractivity (Wildman–Crippen MR) is 73.5 cm³/mol. The van der Waals surface area contributed by atoms with Crippen LogP contribution in [0.25, 0.3) is 5.69 Å². The summed E-state index contributed by atoms with van der Waals surface area (Å²) in [7, 11) is 0. The molecular formula is C12H11Cl2N3O2. The maximum Gasteiger partial charge on any atom is 0.351 e. The van der Waals surface area contributed by atoms with E-state index in [4.69, 9.17) is 23.2 Å². The molecule has 0 atom stereocenters. The topological polar surface area (TPSA) is 48.9 Å². The Morgan fingerprint density at radius 2 is 1.47 bits per heavy atom. The number of nitrogens with zero attached hydrogens (tertiary/aromatic N) is 3. The van der Waals surface area contributed by atoms with Gasteiger partial charge in [0, 0.05) is 13.1 Å². The number of aromatic nitrogens is 3. The molecule has 19 heavy (non-hydrogen) atoms. The molecule has 3 rings (SSSR count). The zero-order valence-corrected chi connectivity index (χ0v) is 11.5. The van der Waals surface area contributed by atoms with Crippen LogP contribution in [0, 0.1) is 0 Å². The van der Waals surface area contributed by atoms with Crippen LogP contribution < -0.4 is 11.4 Å². The molecule has 0 saturated heterocycles. The van der Waals surface area contributed by atoms with Crippen LogP contribution in [0.4, 0.5) is 0 Å². The third-order valence-electron chi connectivity index (χ3n) is 3.27. The maximum atomic E-state index is 12.3. The van der Waals surface area contributed by atoms with Gasteiger partial charge in [0.15, 0.2) is 0 Å². The molecule has 0 unspecified atom stereocenters. The van der Waals surface area contributed by atoms with Crippen molar-refractivity contribution >= 4 is 23.2 Å².